The van der Waals surface area contributed by atoms with Crippen LogP contribution in [0.15, 0.2) is 53.6 Å². The first-order valence-electron chi connectivity index (χ1n) is 7.82. The number of hydrogen-bond donors (Lipinski definition) is 1. The molecule has 0 aliphatic rings. The highest BCUT2D eigenvalue weighted by Crippen LogP contribution is 2.32. The zero-order valence-corrected chi connectivity index (χ0v) is 13.5. The Bertz CT molecular complexity index is 872. The predicted octanol–water partition coefficient (Wildman–Crippen LogP) is 3.38. The first kappa shape index (κ1) is 17.7. The third kappa shape index (κ3) is 4.29. The van der Waals surface area contributed by atoms with Crippen molar-refractivity contribution >= 4 is 5.91 Å². The lowest BCUT2D eigenvalue weighted by Crippen LogP contribution is -2.25. The number of hydrogen-bond acceptors (Lipinski definition) is 4. The molecule has 0 atom stereocenters. The smallest absolute Gasteiger partial charge is 0.355 e. The highest BCUT2D eigenvalue weighted by molar-refractivity contribution is 5.93. The van der Waals surface area contributed by atoms with Gasteiger partial charge in [-0.2, -0.15) is 13.2 Å². The molecule has 0 aliphatic carbocycles. The van der Waals surface area contributed by atoms with E-state index in [1.165, 1.54) is 18.2 Å². The number of rotatable bonds is 6. The van der Waals surface area contributed by atoms with Crippen molar-refractivity contribution in [3.8, 4) is 11.3 Å². The van der Waals surface area contributed by atoms with Crippen LogP contribution in [0.3, 0.4) is 0 Å². The van der Waals surface area contributed by atoms with Crippen LogP contribution in [0, 0.1) is 0 Å². The van der Waals surface area contributed by atoms with Gasteiger partial charge in [-0.25, -0.2) is 4.98 Å². The summed E-state index contributed by atoms with van der Waals surface area (Å²) in [6.07, 6.45) is 1.41. The summed E-state index contributed by atoms with van der Waals surface area (Å²) in [5.41, 5.74) is -0.580. The molecule has 0 saturated carbocycles. The van der Waals surface area contributed by atoms with E-state index in [1.54, 1.807) is 12.5 Å². The average molecular weight is 364 g/mol. The second kappa shape index (κ2) is 7.42. The van der Waals surface area contributed by atoms with Crippen LogP contribution in [-0.4, -0.2) is 27.2 Å². The summed E-state index contributed by atoms with van der Waals surface area (Å²) in [6, 6.07) is 5.97. The maximum Gasteiger partial charge on any atom is 0.416 e. The molecular formula is C17H15F3N4O2. The molecule has 0 aliphatic heterocycles. The molecule has 0 radical (unpaired) electrons. The molecule has 9 heteroatoms. The summed E-state index contributed by atoms with van der Waals surface area (Å²) < 4.78 is 45.2. The molecule has 0 unspecified atom stereocenters. The van der Waals surface area contributed by atoms with Crippen LogP contribution < -0.4 is 5.32 Å². The lowest BCUT2D eigenvalue weighted by Gasteiger charge is -2.06. The lowest BCUT2D eigenvalue weighted by atomic mass is 10.1. The number of nitrogens with zero attached hydrogens (tertiary/aromatic N) is 3. The van der Waals surface area contributed by atoms with E-state index in [2.05, 4.69) is 15.5 Å². The summed E-state index contributed by atoms with van der Waals surface area (Å²) in [5, 5.41) is 6.32. The first-order chi connectivity index (χ1) is 12.4. The van der Waals surface area contributed by atoms with Crippen molar-refractivity contribution in [3.63, 3.8) is 0 Å². The van der Waals surface area contributed by atoms with Crippen LogP contribution >= 0.6 is 0 Å². The third-order valence-corrected chi connectivity index (χ3v) is 3.66. The zero-order valence-electron chi connectivity index (χ0n) is 13.5. The summed E-state index contributed by atoms with van der Waals surface area (Å²) in [7, 11) is 0. The normalized spacial score (nSPS) is 11.5. The van der Waals surface area contributed by atoms with Crippen LogP contribution in [0.1, 0.15) is 22.5 Å². The van der Waals surface area contributed by atoms with Gasteiger partial charge in [0.05, 0.1) is 11.9 Å². The lowest BCUT2D eigenvalue weighted by molar-refractivity contribution is -0.137. The van der Waals surface area contributed by atoms with E-state index in [4.69, 9.17) is 4.52 Å². The van der Waals surface area contributed by atoms with Crippen molar-refractivity contribution in [2.24, 2.45) is 0 Å². The van der Waals surface area contributed by atoms with E-state index in [1.807, 2.05) is 10.8 Å². The summed E-state index contributed by atoms with van der Waals surface area (Å²) in [6.45, 7) is 1.12. The van der Waals surface area contributed by atoms with Crippen LogP contribution in [0.25, 0.3) is 11.3 Å². The topological polar surface area (TPSA) is 73.0 Å². The minimum Gasteiger partial charge on any atom is -0.355 e. The van der Waals surface area contributed by atoms with Gasteiger partial charge in [0, 0.05) is 37.1 Å². The van der Waals surface area contributed by atoms with E-state index in [0.29, 0.717) is 19.5 Å². The molecule has 3 rings (SSSR count). The van der Waals surface area contributed by atoms with Crippen molar-refractivity contribution in [3.05, 3.63) is 60.3 Å². The van der Waals surface area contributed by atoms with Crippen molar-refractivity contribution < 1.29 is 22.5 Å². The number of carbonyl (C=O) groups excluding carboxylic acids is 1. The third-order valence-electron chi connectivity index (χ3n) is 3.66. The SMILES string of the molecule is O=C(NCCCn1ccnc1)c1cc(-c2cccc(C(F)(F)F)c2)on1. The van der Waals surface area contributed by atoms with Crippen LogP contribution in [0.5, 0.6) is 0 Å². The minimum atomic E-state index is -4.45. The molecule has 26 heavy (non-hydrogen) atoms. The molecule has 2 heterocycles. The Balaban J connectivity index is 1.59. The van der Waals surface area contributed by atoms with E-state index >= 15 is 0 Å². The highest BCUT2D eigenvalue weighted by Gasteiger charge is 2.30. The molecular weight excluding hydrogens is 349 g/mol. The van der Waals surface area contributed by atoms with Crippen molar-refractivity contribution in [1.29, 1.82) is 0 Å². The second-order valence-corrected chi connectivity index (χ2v) is 5.56. The van der Waals surface area contributed by atoms with E-state index < -0.39 is 17.6 Å². The van der Waals surface area contributed by atoms with Crippen molar-refractivity contribution in [1.82, 2.24) is 20.0 Å². The zero-order chi connectivity index (χ0) is 18.6. The molecule has 1 N–H and O–H groups in total. The number of alkyl halides is 3. The van der Waals surface area contributed by atoms with E-state index in [9.17, 15) is 18.0 Å². The minimum absolute atomic E-state index is 0.0139. The van der Waals surface area contributed by atoms with Gasteiger partial charge in [-0.1, -0.05) is 17.3 Å². The van der Waals surface area contributed by atoms with E-state index in [-0.39, 0.29) is 17.0 Å². The quantitative estimate of drug-likeness (QED) is 0.681. The molecule has 1 aromatic carbocycles. The molecule has 0 saturated heterocycles. The molecule has 1 amide bonds. The van der Waals surface area contributed by atoms with Crippen LogP contribution in [0.4, 0.5) is 13.2 Å². The number of aromatic nitrogens is 3. The molecule has 136 valence electrons. The van der Waals surface area contributed by atoms with Gasteiger partial charge >= 0.3 is 6.18 Å². The summed E-state index contributed by atoms with van der Waals surface area (Å²) in [4.78, 5) is 16.0. The van der Waals surface area contributed by atoms with Crippen molar-refractivity contribution in [2.75, 3.05) is 6.54 Å². The van der Waals surface area contributed by atoms with Gasteiger partial charge in [0.25, 0.3) is 5.91 Å². The van der Waals surface area contributed by atoms with Gasteiger partial charge in [0.2, 0.25) is 0 Å². The molecule has 6 nitrogen and oxygen atoms in total. The Hall–Kier alpha value is -3.10. The molecule has 0 spiro atoms. The molecule has 2 aromatic heterocycles. The number of aryl methyl sites for hydroxylation is 1. The Morgan fingerprint density at radius 2 is 2.12 bits per heavy atom. The van der Waals surface area contributed by atoms with Crippen molar-refractivity contribution in [2.45, 2.75) is 19.1 Å². The fourth-order valence-corrected chi connectivity index (χ4v) is 2.34. The van der Waals surface area contributed by atoms with E-state index in [0.717, 1.165) is 12.1 Å². The number of carbonyl (C=O) groups is 1. The van der Waals surface area contributed by atoms with Crippen LogP contribution in [-0.2, 0) is 12.7 Å². The standard InChI is InChI=1S/C17H15F3N4O2/c18-17(19,20)13-4-1-3-12(9-13)15-10-14(23-26-15)16(25)22-5-2-7-24-8-6-21-11-24/h1,3-4,6,8-11H,2,5,7H2,(H,22,25). The Labute approximate surface area is 146 Å². The molecule has 0 fully saturated rings. The van der Waals surface area contributed by atoms with Gasteiger partial charge in [0.15, 0.2) is 11.5 Å². The molecule has 3 aromatic rings. The fraction of sp³-hybridized carbons (Fsp3) is 0.235. The monoisotopic (exact) mass is 364 g/mol. The largest absolute Gasteiger partial charge is 0.416 e. The highest BCUT2D eigenvalue weighted by atomic mass is 19.4. The number of nitrogens with one attached hydrogen (secondary N) is 1. The fourth-order valence-electron chi connectivity index (χ4n) is 2.34. The number of halogens is 3. The Morgan fingerprint density at radius 1 is 1.27 bits per heavy atom. The Kier molecular flexibility index (Phi) is 5.06. The Morgan fingerprint density at radius 3 is 2.85 bits per heavy atom. The number of benzene rings is 1. The van der Waals surface area contributed by atoms with Gasteiger partial charge in [-0.05, 0) is 18.6 Å². The number of imidazole rings is 1. The number of amides is 1. The van der Waals surface area contributed by atoms with Gasteiger partial charge in [0.1, 0.15) is 0 Å². The average Bonchev–Trinajstić information content (AvgIpc) is 3.29. The van der Waals surface area contributed by atoms with Gasteiger partial charge in [-0.15, -0.1) is 0 Å². The maximum atomic E-state index is 12.8. The maximum absolute atomic E-state index is 12.8. The predicted molar refractivity (Wildman–Crippen MR) is 86.1 cm³/mol. The molecule has 0 bridgehead atoms. The van der Waals surface area contributed by atoms with Gasteiger partial charge in [-0.3, -0.25) is 4.79 Å². The summed E-state index contributed by atoms with van der Waals surface area (Å²) >= 11 is 0. The van der Waals surface area contributed by atoms with Crippen LogP contribution in [0.2, 0.25) is 0 Å². The van der Waals surface area contributed by atoms with Gasteiger partial charge < -0.3 is 14.4 Å². The second-order valence-electron chi connectivity index (χ2n) is 5.56. The first-order valence-corrected chi connectivity index (χ1v) is 7.82. The summed E-state index contributed by atoms with van der Waals surface area (Å²) in [5.74, 6) is -0.350.